The van der Waals surface area contributed by atoms with Gasteiger partial charge in [0.05, 0.1) is 25.8 Å². The summed E-state index contributed by atoms with van der Waals surface area (Å²) in [6, 6.07) is 7.37. The Kier molecular flexibility index (Phi) is 6.16. The summed E-state index contributed by atoms with van der Waals surface area (Å²) in [5.74, 6) is -0.265. The van der Waals surface area contributed by atoms with Crippen LogP contribution < -0.4 is 10.3 Å². The molecule has 6 nitrogen and oxygen atoms in total. The first-order valence-corrected chi connectivity index (χ1v) is 7.74. The predicted octanol–water partition coefficient (Wildman–Crippen LogP) is 1.80. The van der Waals surface area contributed by atoms with E-state index in [-0.39, 0.29) is 24.3 Å². The van der Waals surface area contributed by atoms with Crippen molar-refractivity contribution >= 4 is 17.7 Å². The molecular weight excluding hydrogens is 323 g/mol. The second-order valence-electron chi connectivity index (χ2n) is 4.42. The predicted molar refractivity (Wildman–Crippen MR) is 83.2 cm³/mol. The highest BCUT2D eigenvalue weighted by atomic mass is 32.2. The van der Waals surface area contributed by atoms with E-state index in [0.29, 0.717) is 16.6 Å². The Bertz CT molecular complexity index is 735. The third kappa shape index (κ3) is 5.41. The lowest BCUT2D eigenvalue weighted by Gasteiger charge is -2.07. The van der Waals surface area contributed by atoms with Crippen LogP contribution in [0.3, 0.4) is 0 Å². The molecule has 0 unspecified atom stereocenters. The van der Waals surface area contributed by atoms with Gasteiger partial charge in [0.15, 0.2) is 16.7 Å². The number of rotatable bonds is 7. The number of aromatic nitrogens is 2. The molecule has 0 aliphatic rings. The van der Waals surface area contributed by atoms with E-state index >= 15 is 0 Å². The van der Waals surface area contributed by atoms with Crippen LogP contribution in [0.1, 0.15) is 5.69 Å². The highest BCUT2D eigenvalue weighted by molar-refractivity contribution is 7.99. The SMILES string of the molecule is COC(=O)Cc1cc(=O)[nH]c(SCCOc2ccccc2F)n1. The summed E-state index contributed by atoms with van der Waals surface area (Å²) in [6.07, 6.45) is -0.0697. The van der Waals surface area contributed by atoms with E-state index in [0.717, 1.165) is 0 Å². The topological polar surface area (TPSA) is 81.3 Å². The standard InChI is InChI=1S/C15H15FN2O4S/c1-21-14(20)9-10-8-13(19)18-15(17-10)23-7-6-22-12-5-3-2-4-11(12)16/h2-5,8H,6-7,9H2,1H3,(H,17,18,19). The number of benzene rings is 1. The first-order chi connectivity index (χ1) is 11.1. The maximum atomic E-state index is 13.4. The van der Waals surface area contributed by atoms with Crippen LogP contribution in [0.25, 0.3) is 0 Å². The number of aromatic amines is 1. The van der Waals surface area contributed by atoms with Crippen molar-refractivity contribution in [2.45, 2.75) is 11.6 Å². The second-order valence-corrected chi connectivity index (χ2v) is 5.51. The van der Waals surface area contributed by atoms with Crippen LogP contribution in [0.5, 0.6) is 5.75 Å². The number of nitrogens with zero attached hydrogens (tertiary/aromatic N) is 1. The maximum absolute atomic E-state index is 13.4. The molecule has 8 heteroatoms. The lowest BCUT2D eigenvalue weighted by molar-refractivity contribution is -0.139. The zero-order chi connectivity index (χ0) is 16.7. The number of carbonyl (C=O) groups is 1. The van der Waals surface area contributed by atoms with Crippen LogP contribution in [-0.2, 0) is 16.0 Å². The molecule has 23 heavy (non-hydrogen) atoms. The third-order valence-electron chi connectivity index (χ3n) is 2.74. The van der Waals surface area contributed by atoms with E-state index < -0.39 is 11.8 Å². The highest BCUT2D eigenvalue weighted by Crippen LogP contribution is 2.17. The molecule has 0 radical (unpaired) electrons. The average Bonchev–Trinajstić information content (AvgIpc) is 2.52. The molecule has 0 spiro atoms. The number of H-pyrrole nitrogens is 1. The summed E-state index contributed by atoms with van der Waals surface area (Å²) >= 11 is 1.24. The summed E-state index contributed by atoms with van der Waals surface area (Å²) in [6.45, 7) is 0.247. The van der Waals surface area contributed by atoms with Crippen molar-refractivity contribution < 1.29 is 18.7 Å². The lowest BCUT2D eigenvalue weighted by atomic mass is 10.3. The van der Waals surface area contributed by atoms with Gasteiger partial charge in [0.1, 0.15) is 0 Å². The number of nitrogens with one attached hydrogen (secondary N) is 1. The summed E-state index contributed by atoms with van der Waals surface area (Å²) in [5, 5.41) is 0.369. The lowest BCUT2D eigenvalue weighted by Crippen LogP contribution is -2.14. The fourth-order valence-electron chi connectivity index (χ4n) is 1.71. The first kappa shape index (κ1) is 17.0. The van der Waals surface area contributed by atoms with E-state index in [9.17, 15) is 14.0 Å². The fourth-order valence-corrected chi connectivity index (χ4v) is 2.43. The molecule has 2 rings (SSSR count). The number of carbonyl (C=O) groups excluding carboxylic acids is 1. The molecule has 1 heterocycles. The van der Waals surface area contributed by atoms with Gasteiger partial charge in [-0.3, -0.25) is 9.59 Å². The first-order valence-electron chi connectivity index (χ1n) is 6.75. The summed E-state index contributed by atoms with van der Waals surface area (Å²) in [4.78, 5) is 29.5. The summed E-state index contributed by atoms with van der Waals surface area (Å²) < 4.78 is 23.2. The van der Waals surface area contributed by atoms with Crippen molar-refractivity contribution in [2.24, 2.45) is 0 Å². The number of esters is 1. The van der Waals surface area contributed by atoms with Gasteiger partial charge in [-0.05, 0) is 12.1 Å². The fraction of sp³-hybridized carbons (Fsp3) is 0.267. The van der Waals surface area contributed by atoms with E-state index in [4.69, 9.17) is 4.74 Å². The van der Waals surface area contributed by atoms with Crippen molar-refractivity contribution in [3.8, 4) is 5.75 Å². The van der Waals surface area contributed by atoms with Crippen molar-refractivity contribution in [2.75, 3.05) is 19.5 Å². The Morgan fingerprint density at radius 2 is 2.17 bits per heavy atom. The number of ether oxygens (including phenoxy) is 2. The molecule has 0 fully saturated rings. The van der Waals surface area contributed by atoms with Gasteiger partial charge in [0, 0.05) is 11.8 Å². The summed E-state index contributed by atoms with van der Waals surface area (Å²) in [5.41, 5.74) is -0.0189. The van der Waals surface area contributed by atoms with Crippen LogP contribution in [0.4, 0.5) is 4.39 Å². The number of hydrogen-bond donors (Lipinski definition) is 1. The number of para-hydroxylation sites is 1. The van der Waals surface area contributed by atoms with Crippen LogP contribution in [0, 0.1) is 5.82 Å². The largest absolute Gasteiger partial charge is 0.490 e. The molecule has 0 aliphatic carbocycles. The van der Waals surface area contributed by atoms with Gasteiger partial charge in [-0.1, -0.05) is 23.9 Å². The number of methoxy groups -OCH3 is 1. The molecule has 0 bridgehead atoms. The minimum atomic E-state index is -0.470. The zero-order valence-corrected chi connectivity index (χ0v) is 13.2. The molecule has 0 amide bonds. The number of hydrogen-bond acceptors (Lipinski definition) is 6. The Balaban J connectivity index is 1.89. The minimum absolute atomic E-state index is 0.0697. The number of halogens is 1. The Morgan fingerprint density at radius 1 is 1.39 bits per heavy atom. The summed E-state index contributed by atoms with van der Waals surface area (Å²) in [7, 11) is 1.27. The molecule has 1 N–H and O–H groups in total. The monoisotopic (exact) mass is 338 g/mol. The van der Waals surface area contributed by atoms with Gasteiger partial charge in [0.25, 0.3) is 5.56 Å². The highest BCUT2D eigenvalue weighted by Gasteiger charge is 2.08. The quantitative estimate of drug-likeness (QED) is 0.359. The molecule has 1 aromatic carbocycles. The number of thioether (sulfide) groups is 1. The average molecular weight is 338 g/mol. The van der Waals surface area contributed by atoms with Gasteiger partial charge in [-0.25, -0.2) is 9.37 Å². The van der Waals surface area contributed by atoms with Crippen molar-refractivity contribution in [3.63, 3.8) is 0 Å². The Morgan fingerprint density at radius 3 is 2.91 bits per heavy atom. The normalized spacial score (nSPS) is 10.3. The molecule has 0 aliphatic heterocycles. The zero-order valence-electron chi connectivity index (χ0n) is 12.4. The van der Waals surface area contributed by atoms with E-state index in [1.54, 1.807) is 12.1 Å². The smallest absolute Gasteiger partial charge is 0.311 e. The van der Waals surface area contributed by atoms with E-state index in [1.807, 2.05) is 0 Å². The van der Waals surface area contributed by atoms with Gasteiger partial charge in [0.2, 0.25) is 0 Å². The molecular formula is C15H15FN2O4S. The van der Waals surface area contributed by atoms with Crippen molar-refractivity contribution in [3.05, 3.63) is 52.2 Å². The van der Waals surface area contributed by atoms with E-state index in [2.05, 4.69) is 14.7 Å². The van der Waals surface area contributed by atoms with Crippen LogP contribution >= 0.6 is 11.8 Å². The molecule has 1 aromatic heterocycles. The molecule has 2 aromatic rings. The maximum Gasteiger partial charge on any atom is 0.311 e. The van der Waals surface area contributed by atoms with Gasteiger partial charge in [-0.2, -0.15) is 0 Å². The molecule has 0 saturated heterocycles. The van der Waals surface area contributed by atoms with Gasteiger partial charge >= 0.3 is 5.97 Å². The Hall–Kier alpha value is -2.35. The van der Waals surface area contributed by atoms with Gasteiger partial charge < -0.3 is 14.5 Å². The molecule has 122 valence electrons. The Labute approximate surface area is 136 Å². The molecule has 0 atom stereocenters. The second kappa shape index (κ2) is 8.33. The van der Waals surface area contributed by atoms with Crippen LogP contribution in [0.15, 0.2) is 40.3 Å². The van der Waals surface area contributed by atoms with Crippen LogP contribution in [-0.4, -0.2) is 35.4 Å². The van der Waals surface area contributed by atoms with Gasteiger partial charge in [-0.15, -0.1) is 0 Å². The van der Waals surface area contributed by atoms with Crippen molar-refractivity contribution in [1.82, 2.24) is 9.97 Å². The third-order valence-corrected chi connectivity index (χ3v) is 3.58. The van der Waals surface area contributed by atoms with Crippen molar-refractivity contribution in [1.29, 1.82) is 0 Å². The van der Waals surface area contributed by atoms with E-state index in [1.165, 1.54) is 37.1 Å². The van der Waals surface area contributed by atoms with Crippen LogP contribution in [0.2, 0.25) is 0 Å². The minimum Gasteiger partial charge on any atom is -0.490 e. The molecule has 0 saturated carbocycles.